The fourth-order valence-electron chi connectivity index (χ4n) is 3.82. The standard InChI is InChI=1S/C22H26N6O3/c1-22(2,31)16-7-5-14(6-8-16)21(30)26-17-12-19(28-18(25-17)9-10-24-28)27-11-3-4-15(13-27)20(23)29/h5-10,12,15,31H,3-4,11,13H2,1-2H3,(H2,23,29)(H,25,26,30). The second-order valence-corrected chi connectivity index (χ2v) is 8.38. The summed E-state index contributed by atoms with van der Waals surface area (Å²) in [5.41, 5.74) is 6.31. The van der Waals surface area contributed by atoms with Gasteiger partial charge in [0.1, 0.15) is 11.6 Å². The zero-order valence-corrected chi connectivity index (χ0v) is 17.6. The molecule has 1 aromatic carbocycles. The van der Waals surface area contributed by atoms with Crippen LogP contribution in [0, 0.1) is 5.92 Å². The third-order valence-electron chi connectivity index (χ3n) is 5.58. The first-order valence-corrected chi connectivity index (χ1v) is 10.3. The number of anilines is 2. The van der Waals surface area contributed by atoms with E-state index in [1.807, 2.05) is 4.90 Å². The Hall–Kier alpha value is -3.46. The maximum atomic E-state index is 12.8. The van der Waals surface area contributed by atoms with E-state index in [9.17, 15) is 14.7 Å². The summed E-state index contributed by atoms with van der Waals surface area (Å²) in [5, 5.41) is 17.3. The second-order valence-electron chi connectivity index (χ2n) is 8.38. The topological polar surface area (TPSA) is 126 Å². The van der Waals surface area contributed by atoms with E-state index in [2.05, 4.69) is 15.4 Å². The Bertz CT molecular complexity index is 1120. The molecule has 0 bridgehead atoms. The van der Waals surface area contributed by atoms with Crippen molar-refractivity contribution in [2.45, 2.75) is 32.3 Å². The number of hydrogen-bond donors (Lipinski definition) is 3. The SMILES string of the molecule is CC(C)(O)c1ccc(C(=O)Nc2cc(N3CCCC(C(N)=O)C3)n3nccc3n2)cc1. The van der Waals surface area contributed by atoms with Gasteiger partial charge in [-0.05, 0) is 44.4 Å². The van der Waals surface area contributed by atoms with Crippen molar-refractivity contribution >= 4 is 29.1 Å². The minimum atomic E-state index is -0.976. The van der Waals surface area contributed by atoms with Gasteiger partial charge in [-0.25, -0.2) is 4.98 Å². The molecule has 1 aliphatic heterocycles. The first-order chi connectivity index (χ1) is 14.7. The van der Waals surface area contributed by atoms with Gasteiger partial charge in [-0.2, -0.15) is 9.61 Å². The lowest BCUT2D eigenvalue weighted by atomic mass is 9.97. The third-order valence-corrected chi connectivity index (χ3v) is 5.58. The minimum Gasteiger partial charge on any atom is -0.386 e. The molecule has 2 amide bonds. The number of rotatable bonds is 5. The number of hydrogen-bond acceptors (Lipinski definition) is 6. The number of aliphatic hydroxyl groups is 1. The number of carbonyl (C=O) groups excluding carboxylic acids is 2. The molecule has 0 saturated carbocycles. The number of benzene rings is 1. The van der Waals surface area contributed by atoms with Crippen LogP contribution in [0.5, 0.6) is 0 Å². The largest absolute Gasteiger partial charge is 0.386 e. The quantitative estimate of drug-likeness (QED) is 0.577. The Morgan fingerprint density at radius 3 is 2.65 bits per heavy atom. The van der Waals surface area contributed by atoms with E-state index in [0.29, 0.717) is 23.6 Å². The van der Waals surface area contributed by atoms with Crippen LogP contribution in [0.4, 0.5) is 11.6 Å². The van der Waals surface area contributed by atoms with Gasteiger partial charge in [-0.15, -0.1) is 0 Å². The number of carbonyl (C=O) groups is 2. The molecule has 3 aromatic rings. The van der Waals surface area contributed by atoms with Gasteiger partial charge >= 0.3 is 0 Å². The summed E-state index contributed by atoms with van der Waals surface area (Å²) >= 11 is 0. The van der Waals surface area contributed by atoms with Gasteiger partial charge < -0.3 is 21.1 Å². The molecule has 2 aromatic heterocycles. The predicted molar refractivity (Wildman–Crippen MR) is 117 cm³/mol. The number of piperidine rings is 1. The summed E-state index contributed by atoms with van der Waals surface area (Å²) in [6, 6.07) is 10.3. The molecule has 9 nitrogen and oxygen atoms in total. The van der Waals surface area contributed by atoms with Crippen molar-refractivity contribution in [3.63, 3.8) is 0 Å². The van der Waals surface area contributed by atoms with E-state index < -0.39 is 5.60 Å². The van der Waals surface area contributed by atoms with Gasteiger partial charge in [0.2, 0.25) is 5.91 Å². The highest BCUT2D eigenvalue weighted by Crippen LogP contribution is 2.26. The summed E-state index contributed by atoms with van der Waals surface area (Å²) < 4.78 is 1.69. The lowest BCUT2D eigenvalue weighted by Gasteiger charge is -2.33. The van der Waals surface area contributed by atoms with E-state index in [0.717, 1.165) is 30.8 Å². The predicted octanol–water partition coefficient (Wildman–Crippen LogP) is 1.91. The van der Waals surface area contributed by atoms with Crippen LogP contribution in [0.1, 0.15) is 42.6 Å². The van der Waals surface area contributed by atoms with Gasteiger partial charge in [-0.1, -0.05) is 12.1 Å². The van der Waals surface area contributed by atoms with Crippen LogP contribution in [0.25, 0.3) is 5.65 Å². The maximum absolute atomic E-state index is 12.8. The molecule has 1 saturated heterocycles. The van der Waals surface area contributed by atoms with E-state index in [1.54, 1.807) is 61.0 Å². The van der Waals surface area contributed by atoms with E-state index in [-0.39, 0.29) is 17.7 Å². The highest BCUT2D eigenvalue weighted by Gasteiger charge is 2.26. The summed E-state index contributed by atoms with van der Waals surface area (Å²) in [6.45, 7) is 4.64. The van der Waals surface area contributed by atoms with Crippen molar-refractivity contribution in [3.8, 4) is 0 Å². The number of aromatic nitrogens is 3. The molecule has 1 aliphatic rings. The average Bonchev–Trinajstić information content (AvgIpc) is 3.21. The molecule has 0 radical (unpaired) electrons. The zero-order valence-electron chi connectivity index (χ0n) is 17.6. The molecule has 0 spiro atoms. The Morgan fingerprint density at radius 1 is 1.23 bits per heavy atom. The summed E-state index contributed by atoms with van der Waals surface area (Å²) in [4.78, 5) is 31.0. The molecule has 1 unspecified atom stereocenters. The molecule has 0 aliphatic carbocycles. The van der Waals surface area contributed by atoms with E-state index in [1.165, 1.54) is 0 Å². The normalized spacial score (nSPS) is 17.0. The first-order valence-electron chi connectivity index (χ1n) is 10.3. The molecule has 31 heavy (non-hydrogen) atoms. The van der Waals surface area contributed by atoms with Crippen LogP contribution in [0.15, 0.2) is 42.6 Å². The first kappa shape index (κ1) is 20.8. The number of primary amides is 1. The number of amides is 2. The van der Waals surface area contributed by atoms with Crippen molar-refractivity contribution < 1.29 is 14.7 Å². The van der Waals surface area contributed by atoms with Crippen LogP contribution in [-0.4, -0.2) is 44.6 Å². The Balaban J connectivity index is 1.60. The Morgan fingerprint density at radius 2 is 1.97 bits per heavy atom. The highest BCUT2D eigenvalue weighted by atomic mass is 16.3. The lowest BCUT2D eigenvalue weighted by Crippen LogP contribution is -2.42. The van der Waals surface area contributed by atoms with Crippen molar-refractivity contribution in [3.05, 3.63) is 53.7 Å². The molecule has 162 valence electrons. The van der Waals surface area contributed by atoms with Crippen LogP contribution in [-0.2, 0) is 10.4 Å². The van der Waals surface area contributed by atoms with Gasteiger partial charge in [0.25, 0.3) is 5.91 Å². The minimum absolute atomic E-state index is 0.222. The molecule has 4 rings (SSSR count). The number of nitrogens with zero attached hydrogens (tertiary/aromatic N) is 4. The number of nitrogens with one attached hydrogen (secondary N) is 1. The Kier molecular flexibility index (Phi) is 5.36. The van der Waals surface area contributed by atoms with Gasteiger partial charge in [0, 0.05) is 30.8 Å². The molecule has 9 heteroatoms. The summed E-state index contributed by atoms with van der Waals surface area (Å²) in [6.07, 6.45) is 3.25. The van der Waals surface area contributed by atoms with Crippen LogP contribution >= 0.6 is 0 Å². The molecule has 1 atom stereocenters. The average molecular weight is 422 g/mol. The van der Waals surface area contributed by atoms with Gasteiger partial charge in [-0.3, -0.25) is 9.59 Å². The fraction of sp³-hybridized carbons (Fsp3) is 0.364. The third kappa shape index (κ3) is 4.36. The fourth-order valence-corrected chi connectivity index (χ4v) is 3.82. The van der Waals surface area contributed by atoms with E-state index >= 15 is 0 Å². The highest BCUT2D eigenvalue weighted by molar-refractivity contribution is 6.04. The molecule has 4 N–H and O–H groups in total. The van der Waals surface area contributed by atoms with Crippen LogP contribution in [0.3, 0.4) is 0 Å². The smallest absolute Gasteiger partial charge is 0.256 e. The van der Waals surface area contributed by atoms with Crippen LogP contribution < -0.4 is 16.0 Å². The second kappa shape index (κ2) is 7.99. The molecular weight excluding hydrogens is 396 g/mol. The van der Waals surface area contributed by atoms with Crippen molar-refractivity contribution in [1.82, 2.24) is 14.6 Å². The summed E-state index contributed by atoms with van der Waals surface area (Å²) in [5.74, 6) is 0.297. The maximum Gasteiger partial charge on any atom is 0.256 e. The van der Waals surface area contributed by atoms with Gasteiger partial charge in [0.05, 0.1) is 17.7 Å². The van der Waals surface area contributed by atoms with Crippen LogP contribution in [0.2, 0.25) is 0 Å². The van der Waals surface area contributed by atoms with Crippen molar-refractivity contribution in [2.75, 3.05) is 23.3 Å². The van der Waals surface area contributed by atoms with Crippen molar-refractivity contribution in [2.24, 2.45) is 11.7 Å². The monoisotopic (exact) mass is 422 g/mol. The zero-order chi connectivity index (χ0) is 22.2. The van der Waals surface area contributed by atoms with E-state index in [4.69, 9.17) is 5.73 Å². The summed E-state index contributed by atoms with van der Waals surface area (Å²) in [7, 11) is 0. The molecular formula is C22H26N6O3. The Labute approximate surface area is 179 Å². The molecule has 1 fully saturated rings. The number of nitrogens with two attached hydrogens (primary N) is 1. The van der Waals surface area contributed by atoms with Gasteiger partial charge in [0.15, 0.2) is 5.65 Å². The molecule has 3 heterocycles. The lowest BCUT2D eigenvalue weighted by molar-refractivity contribution is -0.122. The van der Waals surface area contributed by atoms with Crippen molar-refractivity contribution in [1.29, 1.82) is 0 Å². The number of fused-ring (bicyclic) bond motifs is 1.